The number of hydrogen-bond donors (Lipinski definition) is 1. The average molecular weight is 297 g/mol. The Hall–Kier alpha value is -2.05. The Morgan fingerprint density at radius 2 is 1.78 bits per heavy atom. The SMILES string of the molecule is N#Cc1ccc(-c2cc3ccc(Br)cc3[nH]2)cc1. The number of fused-ring (bicyclic) bond motifs is 1. The zero-order chi connectivity index (χ0) is 12.5. The van der Waals surface area contributed by atoms with Crippen LogP contribution < -0.4 is 0 Å². The molecule has 0 saturated carbocycles. The molecule has 0 fully saturated rings. The number of nitrogens with one attached hydrogen (secondary N) is 1. The molecule has 3 rings (SSSR count). The van der Waals surface area contributed by atoms with Crippen molar-refractivity contribution in [1.29, 1.82) is 5.26 Å². The Morgan fingerprint density at radius 3 is 2.50 bits per heavy atom. The van der Waals surface area contributed by atoms with Gasteiger partial charge in [0.05, 0.1) is 11.6 Å². The number of nitriles is 1. The Bertz CT molecular complexity index is 748. The van der Waals surface area contributed by atoms with Gasteiger partial charge in [0.15, 0.2) is 0 Å². The zero-order valence-electron chi connectivity index (χ0n) is 9.44. The lowest BCUT2D eigenvalue weighted by molar-refractivity contribution is 1.44. The zero-order valence-corrected chi connectivity index (χ0v) is 11.0. The normalized spacial score (nSPS) is 10.4. The summed E-state index contributed by atoms with van der Waals surface area (Å²) in [6, 6.07) is 18.0. The van der Waals surface area contributed by atoms with Crippen LogP contribution in [0.1, 0.15) is 5.56 Å². The van der Waals surface area contributed by atoms with Gasteiger partial charge in [0.1, 0.15) is 0 Å². The molecule has 18 heavy (non-hydrogen) atoms. The highest BCUT2D eigenvalue weighted by Gasteiger charge is 2.03. The minimum atomic E-state index is 0.678. The molecule has 3 aromatic rings. The fourth-order valence-electron chi connectivity index (χ4n) is 1.98. The first-order valence-corrected chi connectivity index (χ1v) is 6.34. The summed E-state index contributed by atoms with van der Waals surface area (Å²) in [6.07, 6.45) is 0. The molecule has 0 spiro atoms. The molecule has 0 aliphatic heterocycles. The summed E-state index contributed by atoms with van der Waals surface area (Å²) < 4.78 is 1.06. The van der Waals surface area contributed by atoms with Crippen LogP contribution in [0.25, 0.3) is 22.2 Å². The molecule has 86 valence electrons. The van der Waals surface area contributed by atoms with Crippen LogP contribution in [0.5, 0.6) is 0 Å². The topological polar surface area (TPSA) is 39.6 Å². The number of aromatic nitrogens is 1. The van der Waals surface area contributed by atoms with Crippen molar-refractivity contribution in [3.05, 3.63) is 58.6 Å². The molecule has 0 aliphatic carbocycles. The quantitative estimate of drug-likeness (QED) is 0.707. The van der Waals surface area contributed by atoms with E-state index in [0.29, 0.717) is 5.56 Å². The van der Waals surface area contributed by atoms with Gasteiger partial charge >= 0.3 is 0 Å². The molecule has 0 atom stereocenters. The van der Waals surface area contributed by atoms with Gasteiger partial charge in [-0.2, -0.15) is 5.26 Å². The van der Waals surface area contributed by atoms with Gasteiger partial charge in [-0.05, 0) is 35.9 Å². The van der Waals surface area contributed by atoms with Crippen LogP contribution in [0.2, 0.25) is 0 Å². The van der Waals surface area contributed by atoms with Gasteiger partial charge < -0.3 is 4.98 Å². The number of rotatable bonds is 1. The van der Waals surface area contributed by atoms with E-state index in [0.717, 1.165) is 21.2 Å². The molecule has 3 heteroatoms. The Balaban J connectivity index is 2.10. The van der Waals surface area contributed by atoms with Crippen LogP contribution in [0.3, 0.4) is 0 Å². The van der Waals surface area contributed by atoms with E-state index in [4.69, 9.17) is 5.26 Å². The molecule has 0 amide bonds. The van der Waals surface area contributed by atoms with Crippen LogP contribution in [-0.4, -0.2) is 4.98 Å². The van der Waals surface area contributed by atoms with Gasteiger partial charge in [-0.15, -0.1) is 0 Å². The van der Waals surface area contributed by atoms with E-state index >= 15 is 0 Å². The predicted octanol–water partition coefficient (Wildman–Crippen LogP) is 4.47. The van der Waals surface area contributed by atoms with Crippen molar-refractivity contribution >= 4 is 26.8 Å². The monoisotopic (exact) mass is 296 g/mol. The fourth-order valence-corrected chi connectivity index (χ4v) is 2.34. The third-order valence-electron chi connectivity index (χ3n) is 2.91. The highest BCUT2D eigenvalue weighted by Crippen LogP contribution is 2.26. The van der Waals surface area contributed by atoms with Gasteiger partial charge in [0.2, 0.25) is 0 Å². The van der Waals surface area contributed by atoms with Crippen molar-refractivity contribution in [2.45, 2.75) is 0 Å². The van der Waals surface area contributed by atoms with E-state index < -0.39 is 0 Å². The maximum absolute atomic E-state index is 8.78. The molecule has 0 aliphatic rings. The van der Waals surface area contributed by atoms with Crippen LogP contribution >= 0.6 is 15.9 Å². The largest absolute Gasteiger partial charge is 0.354 e. The summed E-state index contributed by atoms with van der Waals surface area (Å²) in [6.45, 7) is 0. The highest BCUT2D eigenvalue weighted by molar-refractivity contribution is 9.10. The minimum absolute atomic E-state index is 0.678. The summed E-state index contributed by atoms with van der Waals surface area (Å²) in [5.74, 6) is 0. The van der Waals surface area contributed by atoms with E-state index in [1.54, 1.807) is 0 Å². The number of hydrogen-bond acceptors (Lipinski definition) is 1. The second-order valence-electron chi connectivity index (χ2n) is 4.10. The highest BCUT2D eigenvalue weighted by atomic mass is 79.9. The number of aromatic amines is 1. The van der Waals surface area contributed by atoms with Crippen LogP contribution in [0, 0.1) is 11.3 Å². The molecular weight excluding hydrogens is 288 g/mol. The first kappa shape index (κ1) is 11.1. The summed E-state index contributed by atoms with van der Waals surface area (Å²) in [5.41, 5.74) is 3.93. The van der Waals surface area contributed by atoms with E-state index in [1.165, 1.54) is 5.39 Å². The molecule has 1 aromatic heterocycles. The lowest BCUT2D eigenvalue weighted by Crippen LogP contribution is -1.78. The predicted molar refractivity (Wildman–Crippen MR) is 76.1 cm³/mol. The van der Waals surface area contributed by atoms with E-state index in [1.807, 2.05) is 30.3 Å². The standard InChI is InChI=1S/C15H9BrN2/c16-13-6-5-12-7-14(18-15(12)8-13)11-3-1-10(9-17)2-4-11/h1-8,18H. The molecule has 0 bridgehead atoms. The van der Waals surface area contributed by atoms with E-state index in [-0.39, 0.29) is 0 Å². The number of nitrogens with zero attached hydrogens (tertiary/aromatic N) is 1. The maximum atomic E-state index is 8.78. The van der Waals surface area contributed by atoms with Crippen LogP contribution in [0.15, 0.2) is 53.0 Å². The maximum Gasteiger partial charge on any atom is 0.0991 e. The van der Waals surface area contributed by atoms with E-state index in [9.17, 15) is 0 Å². The number of benzene rings is 2. The van der Waals surface area contributed by atoms with E-state index in [2.05, 4.69) is 45.2 Å². The van der Waals surface area contributed by atoms with Crippen molar-refractivity contribution in [3.63, 3.8) is 0 Å². The first-order chi connectivity index (χ1) is 8.76. The molecule has 2 aromatic carbocycles. The molecule has 0 saturated heterocycles. The molecule has 1 N–H and O–H groups in total. The van der Waals surface area contributed by atoms with Gasteiger partial charge in [-0.25, -0.2) is 0 Å². The van der Waals surface area contributed by atoms with Crippen LogP contribution in [0.4, 0.5) is 0 Å². The summed E-state index contributed by atoms with van der Waals surface area (Å²) in [7, 11) is 0. The van der Waals surface area contributed by atoms with Crippen molar-refractivity contribution < 1.29 is 0 Å². The first-order valence-electron chi connectivity index (χ1n) is 5.55. The van der Waals surface area contributed by atoms with Crippen molar-refractivity contribution in [2.75, 3.05) is 0 Å². The lowest BCUT2D eigenvalue weighted by atomic mass is 10.1. The van der Waals surface area contributed by atoms with Crippen molar-refractivity contribution in [1.82, 2.24) is 4.98 Å². The summed E-state index contributed by atoms with van der Waals surface area (Å²) >= 11 is 3.46. The fraction of sp³-hybridized carbons (Fsp3) is 0. The molecule has 2 nitrogen and oxygen atoms in total. The molecule has 0 unspecified atom stereocenters. The molecular formula is C15H9BrN2. The van der Waals surface area contributed by atoms with Gasteiger partial charge in [-0.1, -0.05) is 34.1 Å². The summed E-state index contributed by atoms with van der Waals surface area (Å²) in [4.78, 5) is 3.38. The Labute approximate surface area is 113 Å². The minimum Gasteiger partial charge on any atom is -0.354 e. The molecule has 1 heterocycles. The average Bonchev–Trinajstić information content (AvgIpc) is 2.81. The van der Waals surface area contributed by atoms with Crippen molar-refractivity contribution in [3.8, 4) is 17.3 Å². The smallest absolute Gasteiger partial charge is 0.0991 e. The van der Waals surface area contributed by atoms with Gasteiger partial charge in [0, 0.05) is 21.1 Å². The third-order valence-corrected chi connectivity index (χ3v) is 3.40. The Kier molecular flexibility index (Phi) is 2.66. The third kappa shape index (κ3) is 1.92. The molecule has 0 radical (unpaired) electrons. The van der Waals surface area contributed by atoms with Gasteiger partial charge in [-0.3, -0.25) is 0 Å². The summed E-state index contributed by atoms with van der Waals surface area (Å²) in [5, 5.41) is 9.96. The number of halogens is 1. The second kappa shape index (κ2) is 4.32. The van der Waals surface area contributed by atoms with Crippen molar-refractivity contribution in [2.24, 2.45) is 0 Å². The Morgan fingerprint density at radius 1 is 1.00 bits per heavy atom. The van der Waals surface area contributed by atoms with Gasteiger partial charge in [0.25, 0.3) is 0 Å². The second-order valence-corrected chi connectivity index (χ2v) is 5.02. The lowest BCUT2D eigenvalue weighted by Gasteiger charge is -1.97. The van der Waals surface area contributed by atoms with Crippen LogP contribution in [-0.2, 0) is 0 Å². The number of H-pyrrole nitrogens is 1.